The summed E-state index contributed by atoms with van der Waals surface area (Å²) < 4.78 is 0. The van der Waals surface area contributed by atoms with Crippen molar-refractivity contribution in [3.63, 3.8) is 0 Å². The Hall–Kier alpha value is -2.34. The SMILES string of the molecule is C=CCNC(=O)/C(C#N)=C/c1ccc(C)cc1. The summed E-state index contributed by atoms with van der Waals surface area (Å²) in [4.78, 5) is 11.6. The summed E-state index contributed by atoms with van der Waals surface area (Å²) in [5.74, 6) is -0.382. The molecule has 0 bridgehead atoms. The molecule has 1 N–H and O–H groups in total. The molecule has 1 aromatic rings. The molecule has 0 aromatic heterocycles. The van der Waals surface area contributed by atoms with Crippen molar-refractivity contribution in [3.05, 3.63) is 53.6 Å². The molecule has 3 heteroatoms. The number of rotatable bonds is 4. The highest BCUT2D eigenvalue weighted by Gasteiger charge is 2.06. The minimum Gasteiger partial charge on any atom is -0.348 e. The van der Waals surface area contributed by atoms with Crippen LogP contribution in [-0.4, -0.2) is 12.5 Å². The smallest absolute Gasteiger partial charge is 0.262 e. The van der Waals surface area contributed by atoms with E-state index in [1.807, 2.05) is 37.3 Å². The van der Waals surface area contributed by atoms with Crippen LogP contribution in [0.3, 0.4) is 0 Å². The molecule has 0 radical (unpaired) electrons. The number of nitriles is 1. The lowest BCUT2D eigenvalue weighted by Gasteiger charge is -2.00. The Bertz CT molecular complexity index is 478. The van der Waals surface area contributed by atoms with Crippen LogP contribution < -0.4 is 5.32 Å². The van der Waals surface area contributed by atoms with Crippen LogP contribution >= 0.6 is 0 Å². The first-order chi connectivity index (χ1) is 8.17. The molecule has 3 nitrogen and oxygen atoms in total. The molecule has 0 heterocycles. The third kappa shape index (κ3) is 3.96. The van der Waals surface area contributed by atoms with E-state index in [1.54, 1.807) is 12.2 Å². The van der Waals surface area contributed by atoms with Crippen LogP contribution in [-0.2, 0) is 4.79 Å². The predicted molar refractivity (Wildman–Crippen MR) is 68.0 cm³/mol. The highest BCUT2D eigenvalue weighted by Crippen LogP contribution is 2.08. The first-order valence-corrected chi connectivity index (χ1v) is 5.25. The lowest BCUT2D eigenvalue weighted by molar-refractivity contribution is -0.116. The van der Waals surface area contributed by atoms with Gasteiger partial charge in [-0.15, -0.1) is 6.58 Å². The number of carbonyl (C=O) groups is 1. The minimum absolute atomic E-state index is 0.0932. The van der Waals surface area contributed by atoms with Gasteiger partial charge in [-0.2, -0.15) is 5.26 Å². The zero-order valence-corrected chi connectivity index (χ0v) is 9.73. The van der Waals surface area contributed by atoms with Gasteiger partial charge in [0.15, 0.2) is 0 Å². The quantitative estimate of drug-likeness (QED) is 0.486. The second-order valence-corrected chi connectivity index (χ2v) is 3.58. The Balaban J connectivity index is 2.87. The number of benzene rings is 1. The minimum atomic E-state index is -0.382. The van der Waals surface area contributed by atoms with Gasteiger partial charge in [-0.3, -0.25) is 4.79 Å². The number of hydrogen-bond donors (Lipinski definition) is 1. The highest BCUT2D eigenvalue weighted by atomic mass is 16.1. The maximum absolute atomic E-state index is 11.6. The number of hydrogen-bond acceptors (Lipinski definition) is 2. The molecule has 0 spiro atoms. The van der Waals surface area contributed by atoms with Crippen molar-refractivity contribution in [3.8, 4) is 6.07 Å². The molecular formula is C14H14N2O. The van der Waals surface area contributed by atoms with Gasteiger partial charge in [0.2, 0.25) is 0 Å². The van der Waals surface area contributed by atoms with Gasteiger partial charge in [-0.25, -0.2) is 0 Å². The summed E-state index contributed by atoms with van der Waals surface area (Å²) >= 11 is 0. The second-order valence-electron chi connectivity index (χ2n) is 3.58. The van der Waals surface area contributed by atoms with E-state index in [-0.39, 0.29) is 11.5 Å². The van der Waals surface area contributed by atoms with Crippen molar-refractivity contribution in [2.75, 3.05) is 6.54 Å². The first kappa shape index (κ1) is 12.7. The molecule has 86 valence electrons. The van der Waals surface area contributed by atoms with E-state index in [0.717, 1.165) is 11.1 Å². The monoisotopic (exact) mass is 226 g/mol. The number of nitrogens with zero attached hydrogens (tertiary/aromatic N) is 1. The summed E-state index contributed by atoms with van der Waals surface area (Å²) in [7, 11) is 0. The van der Waals surface area contributed by atoms with Gasteiger partial charge >= 0.3 is 0 Å². The molecular weight excluding hydrogens is 212 g/mol. The van der Waals surface area contributed by atoms with Gasteiger partial charge in [0.05, 0.1) is 0 Å². The van der Waals surface area contributed by atoms with Gasteiger partial charge in [0, 0.05) is 6.54 Å². The zero-order valence-electron chi connectivity index (χ0n) is 9.73. The summed E-state index contributed by atoms with van der Waals surface area (Å²) in [6.45, 7) is 5.83. The third-order valence-corrected chi connectivity index (χ3v) is 2.16. The topological polar surface area (TPSA) is 52.9 Å². The first-order valence-electron chi connectivity index (χ1n) is 5.25. The number of nitrogens with one attached hydrogen (secondary N) is 1. The van der Waals surface area contributed by atoms with E-state index in [9.17, 15) is 4.79 Å². The van der Waals surface area contributed by atoms with Gasteiger partial charge in [0.1, 0.15) is 11.6 Å². The maximum atomic E-state index is 11.6. The fourth-order valence-corrected chi connectivity index (χ4v) is 1.24. The molecule has 0 aliphatic rings. The fraction of sp³-hybridized carbons (Fsp3) is 0.143. The van der Waals surface area contributed by atoms with Crippen molar-refractivity contribution in [1.29, 1.82) is 5.26 Å². The summed E-state index contributed by atoms with van der Waals surface area (Å²) in [5, 5.41) is 11.5. The van der Waals surface area contributed by atoms with Crippen LogP contribution in [0, 0.1) is 18.3 Å². The molecule has 0 saturated carbocycles. The molecule has 0 saturated heterocycles. The normalized spacial score (nSPS) is 10.5. The van der Waals surface area contributed by atoms with Crippen molar-refractivity contribution in [2.24, 2.45) is 0 Å². The van der Waals surface area contributed by atoms with Crippen LogP contribution in [0.1, 0.15) is 11.1 Å². The van der Waals surface area contributed by atoms with E-state index >= 15 is 0 Å². The number of amides is 1. The number of carbonyl (C=O) groups excluding carboxylic acids is 1. The van der Waals surface area contributed by atoms with E-state index in [0.29, 0.717) is 6.54 Å². The standard InChI is InChI=1S/C14H14N2O/c1-3-8-16-14(17)13(10-15)9-12-6-4-11(2)5-7-12/h3-7,9H,1,8H2,2H3,(H,16,17)/b13-9+. The molecule has 1 rings (SSSR count). The Labute approximate surface area is 101 Å². The summed E-state index contributed by atoms with van der Waals surface area (Å²) in [5.41, 5.74) is 2.06. The molecule has 0 unspecified atom stereocenters. The van der Waals surface area contributed by atoms with E-state index < -0.39 is 0 Å². The van der Waals surface area contributed by atoms with Crippen LogP contribution in [0.4, 0.5) is 0 Å². The lowest BCUT2D eigenvalue weighted by atomic mass is 10.1. The van der Waals surface area contributed by atoms with Crippen LogP contribution in [0.15, 0.2) is 42.5 Å². The van der Waals surface area contributed by atoms with Crippen LogP contribution in [0.2, 0.25) is 0 Å². The van der Waals surface area contributed by atoms with Crippen molar-refractivity contribution < 1.29 is 4.79 Å². The third-order valence-electron chi connectivity index (χ3n) is 2.16. The number of aryl methyl sites for hydroxylation is 1. The molecule has 1 amide bonds. The molecule has 0 atom stereocenters. The van der Waals surface area contributed by atoms with Crippen molar-refractivity contribution >= 4 is 12.0 Å². The molecule has 0 aliphatic heterocycles. The lowest BCUT2D eigenvalue weighted by Crippen LogP contribution is -2.24. The van der Waals surface area contributed by atoms with Crippen LogP contribution in [0.5, 0.6) is 0 Å². The summed E-state index contributed by atoms with van der Waals surface area (Å²) in [6, 6.07) is 9.49. The Kier molecular flexibility index (Phi) is 4.71. The largest absolute Gasteiger partial charge is 0.348 e. The molecule has 1 aromatic carbocycles. The maximum Gasteiger partial charge on any atom is 0.262 e. The second kappa shape index (κ2) is 6.29. The average Bonchev–Trinajstić information content (AvgIpc) is 2.35. The van der Waals surface area contributed by atoms with Gasteiger partial charge in [0.25, 0.3) is 5.91 Å². The Morgan fingerprint density at radius 3 is 2.65 bits per heavy atom. The van der Waals surface area contributed by atoms with Gasteiger partial charge in [-0.05, 0) is 18.6 Å². The van der Waals surface area contributed by atoms with E-state index in [2.05, 4.69) is 11.9 Å². The fourth-order valence-electron chi connectivity index (χ4n) is 1.24. The predicted octanol–water partition coefficient (Wildman–Crippen LogP) is 2.20. The Morgan fingerprint density at radius 2 is 2.12 bits per heavy atom. The van der Waals surface area contributed by atoms with E-state index in [1.165, 1.54) is 0 Å². The van der Waals surface area contributed by atoms with Crippen LogP contribution in [0.25, 0.3) is 6.08 Å². The zero-order chi connectivity index (χ0) is 12.7. The van der Waals surface area contributed by atoms with Gasteiger partial charge in [-0.1, -0.05) is 35.9 Å². The molecule has 0 aliphatic carbocycles. The average molecular weight is 226 g/mol. The highest BCUT2D eigenvalue weighted by molar-refractivity contribution is 6.01. The van der Waals surface area contributed by atoms with Crippen molar-refractivity contribution in [2.45, 2.75) is 6.92 Å². The molecule has 17 heavy (non-hydrogen) atoms. The molecule has 0 fully saturated rings. The van der Waals surface area contributed by atoms with E-state index in [4.69, 9.17) is 5.26 Å². The van der Waals surface area contributed by atoms with Crippen molar-refractivity contribution in [1.82, 2.24) is 5.32 Å². The van der Waals surface area contributed by atoms with Gasteiger partial charge < -0.3 is 5.32 Å². The summed E-state index contributed by atoms with van der Waals surface area (Å²) in [6.07, 6.45) is 3.14. The Morgan fingerprint density at radius 1 is 1.47 bits per heavy atom.